The molecule has 5 heteroatoms. The van der Waals surface area contributed by atoms with E-state index in [2.05, 4.69) is 35.2 Å². The second-order valence-corrected chi connectivity index (χ2v) is 7.81. The zero-order valence-corrected chi connectivity index (χ0v) is 16.8. The first-order valence-corrected chi connectivity index (χ1v) is 9.67. The number of halogens is 1. The zero-order valence-electron chi connectivity index (χ0n) is 16.0. The number of piperidine rings is 2. The molecule has 2 bridgehead atoms. The highest BCUT2D eigenvalue weighted by Crippen LogP contribution is 2.39. The Morgan fingerprint density at radius 3 is 2.04 bits per heavy atom. The summed E-state index contributed by atoms with van der Waals surface area (Å²) in [5.74, 6) is 0.611. The Bertz CT molecular complexity index is 739. The van der Waals surface area contributed by atoms with Crippen LogP contribution >= 0.6 is 12.4 Å². The Balaban J connectivity index is 0.00000140. The van der Waals surface area contributed by atoms with Gasteiger partial charge in [0.1, 0.15) is 5.41 Å². The number of rotatable bonds is 5. The minimum atomic E-state index is -0.649. The first-order valence-electron chi connectivity index (χ1n) is 9.67. The van der Waals surface area contributed by atoms with Crippen LogP contribution in [0, 0.1) is 17.2 Å². The molecule has 3 aliphatic rings. The highest BCUT2D eigenvalue weighted by atomic mass is 35.5. The van der Waals surface area contributed by atoms with Gasteiger partial charge in [-0.25, -0.2) is 0 Å². The van der Waals surface area contributed by atoms with Crippen LogP contribution in [0.3, 0.4) is 0 Å². The third kappa shape index (κ3) is 4.09. The maximum atomic E-state index is 10.4. The number of benzene rings is 2. The average Bonchev–Trinajstić information content (AvgIpc) is 2.71. The molecule has 2 aromatic carbocycles. The molecule has 28 heavy (non-hydrogen) atoms. The third-order valence-electron chi connectivity index (χ3n) is 6.35. The van der Waals surface area contributed by atoms with Crippen LogP contribution in [-0.2, 0) is 5.41 Å². The summed E-state index contributed by atoms with van der Waals surface area (Å²) < 4.78 is 0. The summed E-state index contributed by atoms with van der Waals surface area (Å²) in [6.45, 7) is 1.91. The van der Waals surface area contributed by atoms with Crippen LogP contribution in [0.2, 0.25) is 0 Å². The fourth-order valence-electron chi connectivity index (χ4n) is 4.93. The van der Waals surface area contributed by atoms with Gasteiger partial charge in [0.15, 0.2) is 0 Å². The second-order valence-electron chi connectivity index (χ2n) is 7.81. The molecule has 3 unspecified atom stereocenters. The molecule has 2 saturated heterocycles. The van der Waals surface area contributed by atoms with Crippen molar-refractivity contribution in [1.82, 2.24) is 4.90 Å². The summed E-state index contributed by atoms with van der Waals surface area (Å²) in [5, 5.41) is 20.7. The molecule has 0 radical (unpaired) electrons. The van der Waals surface area contributed by atoms with Gasteiger partial charge in [0.2, 0.25) is 0 Å². The van der Waals surface area contributed by atoms with Crippen molar-refractivity contribution in [3.63, 3.8) is 0 Å². The van der Waals surface area contributed by atoms with E-state index in [1.54, 1.807) is 0 Å². The molecule has 0 aromatic heterocycles. The monoisotopic (exact) mass is 400 g/mol. The van der Waals surface area contributed by atoms with Gasteiger partial charge < -0.3 is 10.6 Å². The summed E-state index contributed by atoms with van der Waals surface area (Å²) in [4.78, 5) is 2.43. The standard InChI is InChI=1S/C23H26N2O.ClH.H2O/c24-17-23(19-7-3-1-4-8-19,20-9-5-2-6-10-20)13-14-25-16-18-11-12-21(25)22(26)15-18;;/h1-10,18,21-22,26H,11-16H2;1H;1H2. The second kappa shape index (κ2) is 9.54. The van der Waals surface area contributed by atoms with Crippen molar-refractivity contribution in [3.05, 3.63) is 71.8 Å². The third-order valence-corrected chi connectivity index (χ3v) is 6.35. The number of nitrogens with zero attached hydrogens (tertiary/aromatic N) is 2. The smallest absolute Gasteiger partial charge is 0.108 e. The molecule has 2 aromatic rings. The lowest BCUT2D eigenvalue weighted by molar-refractivity contribution is -0.0554. The van der Waals surface area contributed by atoms with Crippen LogP contribution in [0.5, 0.6) is 0 Å². The number of nitriles is 1. The van der Waals surface area contributed by atoms with Crippen LogP contribution in [0.4, 0.5) is 0 Å². The molecule has 3 fully saturated rings. The quantitative estimate of drug-likeness (QED) is 0.835. The van der Waals surface area contributed by atoms with E-state index in [0.29, 0.717) is 5.92 Å². The summed E-state index contributed by atoms with van der Waals surface area (Å²) in [6, 6.07) is 23.2. The van der Waals surface area contributed by atoms with E-state index in [1.807, 2.05) is 36.4 Å². The maximum Gasteiger partial charge on any atom is 0.108 e. The molecule has 1 saturated carbocycles. The van der Waals surface area contributed by atoms with Gasteiger partial charge in [0.05, 0.1) is 12.2 Å². The summed E-state index contributed by atoms with van der Waals surface area (Å²) in [6.07, 6.45) is 3.81. The molecule has 0 spiro atoms. The number of aliphatic hydroxyl groups is 1. The molecule has 2 heterocycles. The number of fused-ring (bicyclic) bond motifs is 3. The number of hydrogen-bond donors (Lipinski definition) is 1. The van der Waals surface area contributed by atoms with Crippen molar-refractivity contribution in [2.75, 3.05) is 13.1 Å². The van der Waals surface area contributed by atoms with Crippen molar-refractivity contribution >= 4 is 12.4 Å². The molecule has 150 valence electrons. The van der Waals surface area contributed by atoms with Gasteiger partial charge in [-0.15, -0.1) is 12.4 Å². The van der Waals surface area contributed by atoms with E-state index in [0.717, 1.165) is 43.5 Å². The summed E-state index contributed by atoms with van der Waals surface area (Å²) in [5.41, 5.74) is 1.46. The van der Waals surface area contributed by atoms with Gasteiger partial charge in [-0.3, -0.25) is 4.90 Å². The van der Waals surface area contributed by atoms with Crippen LogP contribution < -0.4 is 0 Å². The van der Waals surface area contributed by atoms with Crippen LogP contribution in [0.25, 0.3) is 0 Å². The van der Waals surface area contributed by atoms with Crippen molar-refractivity contribution in [2.24, 2.45) is 5.92 Å². The summed E-state index contributed by atoms with van der Waals surface area (Å²) >= 11 is 0. The average molecular weight is 401 g/mol. The molecular formula is C23H29ClN2O2. The topological polar surface area (TPSA) is 78.8 Å². The SMILES string of the molecule is Cl.N#CC(CCN1CC2CCC1C(O)C2)(c1ccccc1)c1ccccc1.O. The lowest BCUT2D eigenvalue weighted by Crippen LogP contribution is -2.56. The number of hydrogen-bond acceptors (Lipinski definition) is 3. The minimum Gasteiger partial charge on any atom is -0.412 e. The highest BCUT2D eigenvalue weighted by molar-refractivity contribution is 5.85. The Kier molecular flexibility index (Phi) is 7.63. The Hall–Kier alpha value is -1.90. The van der Waals surface area contributed by atoms with Gasteiger partial charge >= 0.3 is 0 Å². The van der Waals surface area contributed by atoms with E-state index < -0.39 is 5.41 Å². The first kappa shape index (κ1) is 22.4. The molecule has 5 rings (SSSR count). The predicted molar refractivity (Wildman–Crippen MR) is 113 cm³/mol. The minimum absolute atomic E-state index is 0. The predicted octanol–water partition coefficient (Wildman–Crippen LogP) is 3.33. The fourth-order valence-corrected chi connectivity index (χ4v) is 4.93. The Labute approximate surface area is 173 Å². The van der Waals surface area contributed by atoms with Gasteiger partial charge in [0.25, 0.3) is 0 Å². The molecule has 2 aliphatic heterocycles. The molecular weight excluding hydrogens is 372 g/mol. The molecule has 4 nitrogen and oxygen atoms in total. The number of aliphatic hydroxyl groups excluding tert-OH is 1. The molecule has 3 atom stereocenters. The Morgan fingerprint density at radius 1 is 1.00 bits per heavy atom. The fraction of sp³-hybridized carbons (Fsp3) is 0.435. The summed E-state index contributed by atoms with van der Waals surface area (Å²) in [7, 11) is 0. The van der Waals surface area contributed by atoms with Gasteiger partial charge in [-0.1, -0.05) is 60.7 Å². The maximum absolute atomic E-state index is 10.4. The van der Waals surface area contributed by atoms with Crippen molar-refractivity contribution in [3.8, 4) is 6.07 Å². The molecule has 1 aliphatic carbocycles. The van der Waals surface area contributed by atoms with E-state index in [9.17, 15) is 10.4 Å². The highest BCUT2D eigenvalue weighted by Gasteiger charge is 2.41. The van der Waals surface area contributed by atoms with Gasteiger partial charge in [-0.05, 0) is 42.7 Å². The largest absolute Gasteiger partial charge is 0.412 e. The van der Waals surface area contributed by atoms with Crippen molar-refractivity contribution in [1.29, 1.82) is 5.26 Å². The van der Waals surface area contributed by atoms with E-state index >= 15 is 0 Å². The van der Waals surface area contributed by atoms with E-state index in [1.165, 1.54) is 6.42 Å². The van der Waals surface area contributed by atoms with Gasteiger partial charge in [-0.2, -0.15) is 5.26 Å². The van der Waals surface area contributed by atoms with E-state index in [-0.39, 0.29) is 30.0 Å². The van der Waals surface area contributed by atoms with Crippen LogP contribution in [-0.4, -0.2) is 40.7 Å². The van der Waals surface area contributed by atoms with Crippen LogP contribution in [0.15, 0.2) is 60.7 Å². The molecule has 0 amide bonds. The lowest BCUT2D eigenvalue weighted by atomic mass is 9.72. The van der Waals surface area contributed by atoms with Crippen LogP contribution in [0.1, 0.15) is 36.8 Å². The Morgan fingerprint density at radius 2 is 1.57 bits per heavy atom. The van der Waals surface area contributed by atoms with Crippen molar-refractivity contribution < 1.29 is 10.6 Å². The first-order chi connectivity index (χ1) is 12.7. The zero-order chi connectivity index (χ0) is 18.0. The normalized spacial score (nSPS) is 23.9. The lowest BCUT2D eigenvalue weighted by Gasteiger charge is -2.48. The van der Waals surface area contributed by atoms with E-state index in [4.69, 9.17) is 0 Å². The molecule has 3 N–H and O–H groups in total. The van der Waals surface area contributed by atoms with Gasteiger partial charge in [0, 0.05) is 19.1 Å². The van der Waals surface area contributed by atoms with Crippen molar-refractivity contribution in [2.45, 2.75) is 43.2 Å².